The van der Waals surface area contributed by atoms with Crippen LogP contribution in [0.15, 0.2) is 30.3 Å². The van der Waals surface area contributed by atoms with E-state index in [0.717, 1.165) is 25.7 Å². The SMILES string of the molecule is CN1CCCC(N(C)CCNCc2ccccc2)C1. The van der Waals surface area contributed by atoms with Gasteiger partial charge in [0.05, 0.1) is 0 Å². The molecule has 3 heteroatoms. The molecular weight excluding hydrogens is 234 g/mol. The van der Waals surface area contributed by atoms with E-state index in [4.69, 9.17) is 0 Å². The number of rotatable bonds is 6. The highest BCUT2D eigenvalue weighted by Gasteiger charge is 2.20. The number of nitrogens with one attached hydrogen (secondary N) is 1. The van der Waals surface area contributed by atoms with Crippen molar-refractivity contribution in [3.63, 3.8) is 0 Å². The second-order valence-corrected chi connectivity index (χ2v) is 5.70. The highest BCUT2D eigenvalue weighted by Crippen LogP contribution is 2.12. The molecule has 0 radical (unpaired) electrons. The number of piperidine rings is 1. The van der Waals surface area contributed by atoms with Gasteiger partial charge in [-0.3, -0.25) is 0 Å². The Morgan fingerprint density at radius 2 is 2.11 bits per heavy atom. The van der Waals surface area contributed by atoms with Gasteiger partial charge in [-0.05, 0) is 39.0 Å². The molecule has 0 bridgehead atoms. The molecule has 106 valence electrons. The zero-order valence-electron chi connectivity index (χ0n) is 12.3. The third-order valence-corrected chi connectivity index (χ3v) is 4.04. The van der Waals surface area contributed by atoms with Gasteiger partial charge < -0.3 is 15.1 Å². The fourth-order valence-electron chi connectivity index (χ4n) is 2.77. The van der Waals surface area contributed by atoms with Gasteiger partial charge in [0.2, 0.25) is 0 Å². The van der Waals surface area contributed by atoms with Gasteiger partial charge >= 0.3 is 0 Å². The summed E-state index contributed by atoms with van der Waals surface area (Å²) < 4.78 is 0. The first kappa shape index (κ1) is 14.5. The van der Waals surface area contributed by atoms with Gasteiger partial charge in [-0.2, -0.15) is 0 Å². The van der Waals surface area contributed by atoms with Crippen LogP contribution in [0.3, 0.4) is 0 Å². The molecule has 2 rings (SSSR count). The molecule has 1 aromatic carbocycles. The zero-order chi connectivity index (χ0) is 13.5. The van der Waals surface area contributed by atoms with E-state index in [1.165, 1.54) is 31.5 Å². The molecule has 19 heavy (non-hydrogen) atoms. The molecule has 0 aliphatic carbocycles. The van der Waals surface area contributed by atoms with Crippen molar-refractivity contribution in [1.82, 2.24) is 15.1 Å². The Hall–Kier alpha value is -0.900. The average Bonchev–Trinajstić information content (AvgIpc) is 2.44. The predicted molar refractivity (Wildman–Crippen MR) is 81.3 cm³/mol. The van der Waals surface area contributed by atoms with E-state index in [1.54, 1.807) is 0 Å². The van der Waals surface area contributed by atoms with Gasteiger partial charge in [0, 0.05) is 32.2 Å². The Morgan fingerprint density at radius 3 is 2.84 bits per heavy atom. The number of benzene rings is 1. The molecular formula is C16H27N3. The minimum atomic E-state index is 0.734. The molecule has 1 aliphatic rings. The molecule has 0 aromatic heterocycles. The summed E-state index contributed by atoms with van der Waals surface area (Å²) in [6.45, 7) is 5.64. The summed E-state index contributed by atoms with van der Waals surface area (Å²) >= 11 is 0. The lowest BCUT2D eigenvalue weighted by molar-refractivity contribution is 0.135. The van der Waals surface area contributed by atoms with Crippen molar-refractivity contribution in [2.45, 2.75) is 25.4 Å². The van der Waals surface area contributed by atoms with Crippen LogP contribution in [-0.4, -0.2) is 56.1 Å². The molecule has 1 N–H and O–H groups in total. The summed E-state index contributed by atoms with van der Waals surface area (Å²) in [5.41, 5.74) is 1.36. The first-order valence-corrected chi connectivity index (χ1v) is 7.39. The number of likely N-dealkylation sites (tertiary alicyclic amines) is 1. The fraction of sp³-hybridized carbons (Fsp3) is 0.625. The minimum absolute atomic E-state index is 0.734. The summed E-state index contributed by atoms with van der Waals surface area (Å²) in [5, 5.41) is 3.53. The smallest absolute Gasteiger partial charge is 0.0221 e. The molecule has 1 heterocycles. The van der Waals surface area contributed by atoms with E-state index in [9.17, 15) is 0 Å². The number of nitrogens with zero attached hydrogens (tertiary/aromatic N) is 2. The molecule has 0 saturated carbocycles. The van der Waals surface area contributed by atoms with E-state index in [2.05, 4.69) is 59.5 Å². The quantitative estimate of drug-likeness (QED) is 0.788. The molecule has 0 amide bonds. The van der Waals surface area contributed by atoms with Crippen LogP contribution in [0.2, 0.25) is 0 Å². The van der Waals surface area contributed by atoms with Crippen LogP contribution in [-0.2, 0) is 6.54 Å². The van der Waals surface area contributed by atoms with Crippen molar-refractivity contribution < 1.29 is 0 Å². The largest absolute Gasteiger partial charge is 0.311 e. The number of likely N-dealkylation sites (N-methyl/N-ethyl adjacent to an activating group) is 2. The molecule has 1 fully saturated rings. The van der Waals surface area contributed by atoms with Crippen molar-refractivity contribution in [1.29, 1.82) is 0 Å². The van der Waals surface area contributed by atoms with Crippen LogP contribution in [0.25, 0.3) is 0 Å². The Kier molecular flexibility index (Phi) is 5.83. The maximum absolute atomic E-state index is 3.53. The van der Waals surface area contributed by atoms with Gasteiger partial charge in [-0.1, -0.05) is 30.3 Å². The van der Waals surface area contributed by atoms with Crippen LogP contribution >= 0.6 is 0 Å². The normalized spacial score (nSPS) is 20.9. The van der Waals surface area contributed by atoms with Gasteiger partial charge in [0.25, 0.3) is 0 Å². The third-order valence-electron chi connectivity index (χ3n) is 4.04. The summed E-state index contributed by atoms with van der Waals surface area (Å²) in [5.74, 6) is 0. The second kappa shape index (κ2) is 7.63. The number of hydrogen-bond donors (Lipinski definition) is 1. The summed E-state index contributed by atoms with van der Waals surface area (Å²) in [7, 11) is 4.49. The average molecular weight is 261 g/mol. The molecule has 3 nitrogen and oxygen atoms in total. The zero-order valence-corrected chi connectivity index (χ0v) is 12.3. The van der Waals surface area contributed by atoms with Gasteiger partial charge in [-0.25, -0.2) is 0 Å². The van der Waals surface area contributed by atoms with Crippen LogP contribution in [0.1, 0.15) is 18.4 Å². The second-order valence-electron chi connectivity index (χ2n) is 5.70. The molecule has 1 unspecified atom stereocenters. The van der Waals surface area contributed by atoms with Crippen molar-refractivity contribution in [2.75, 3.05) is 40.3 Å². The van der Waals surface area contributed by atoms with Crippen molar-refractivity contribution in [3.05, 3.63) is 35.9 Å². The first-order valence-electron chi connectivity index (χ1n) is 7.39. The first-order chi connectivity index (χ1) is 9.25. The summed E-state index contributed by atoms with van der Waals surface area (Å²) in [4.78, 5) is 4.95. The van der Waals surface area contributed by atoms with E-state index in [-0.39, 0.29) is 0 Å². The van der Waals surface area contributed by atoms with Gasteiger partial charge in [0.15, 0.2) is 0 Å². The van der Waals surface area contributed by atoms with Crippen molar-refractivity contribution >= 4 is 0 Å². The van der Waals surface area contributed by atoms with E-state index >= 15 is 0 Å². The lowest BCUT2D eigenvalue weighted by Gasteiger charge is -2.35. The van der Waals surface area contributed by atoms with E-state index < -0.39 is 0 Å². The Morgan fingerprint density at radius 1 is 1.32 bits per heavy atom. The summed E-state index contributed by atoms with van der Waals surface area (Å²) in [6, 6.07) is 11.3. The van der Waals surface area contributed by atoms with Crippen LogP contribution in [0, 0.1) is 0 Å². The molecule has 1 saturated heterocycles. The standard InChI is InChI=1S/C16H27N3/c1-18-11-6-9-16(14-18)19(2)12-10-17-13-15-7-4-3-5-8-15/h3-5,7-8,16-17H,6,9-14H2,1-2H3. The van der Waals surface area contributed by atoms with Crippen LogP contribution in [0.5, 0.6) is 0 Å². The maximum atomic E-state index is 3.53. The monoisotopic (exact) mass is 261 g/mol. The molecule has 0 spiro atoms. The highest BCUT2D eigenvalue weighted by atomic mass is 15.2. The highest BCUT2D eigenvalue weighted by molar-refractivity contribution is 5.14. The maximum Gasteiger partial charge on any atom is 0.0221 e. The molecule has 1 aliphatic heterocycles. The Labute approximate surface area is 117 Å². The lowest BCUT2D eigenvalue weighted by Crippen LogP contribution is -2.46. The van der Waals surface area contributed by atoms with Crippen LogP contribution < -0.4 is 5.32 Å². The Balaban J connectivity index is 1.62. The van der Waals surface area contributed by atoms with E-state index in [1.807, 2.05) is 0 Å². The van der Waals surface area contributed by atoms with Crippen molar-refractivity contribution in [2.24, 2.45) is 0 Å². The van der Waals surface area contributed by atoms with Crippen molar-refractivity contribution in [3.8, 4) is 0 Å². The fourth-order valence-corrected chi connectivity index (χ4v) is 2.77. The van der Waals surface area contributed by atoms with E-state index in [0.29, 0.717) is 0 Å². The predicted octanol–water partition coefficient (Wildman–Crippen LogP) is 1.80. The number of hydrogen-bond acceptors (Lipinski definition) is 3. The Bertz CT molecular complexity index is 352. The third kappa shape index (κ3) is 4.94. The lowest BCUT2D eigenvalue weighted by atomic mass is 10.1. The molecule has 1 aromatic rings. The topological polar surface area (TPSA) is 18.5 Å². The van der Waals surface area contributed by atoms with Gasteiger partial charge in [-0.15, -0.1) is 0 Å². The summed E-state index contributed by atoms with van der Waals surface area (Å²) in [6.07, 6.45) is 2.68. The van der Waals surface area contributed by atoms with Gasteiger partial charge in [0.1, 0.15) is 0 Å². The minimum Gasteiger partial charge on any atom is -0.311 e. The van der Waals surface area contributed by atoms with Crippen LogP contribution in [0.4, 0.5) is 0 Å². The molecule has 1 atom stereocenters.